The first-order valence-corrected chi connectivity index (χ1v) is 11.1. The summed E-state index contributed by atoms with van der Waals surface area (Å²) in [5, 5.41) is 0.868. The maximum Gasteiger partial charge on any atom is 0.337 e. The van der Waals surface area contributed by atoms with Gasteiger partial charge in [-0.15, -0.1) is 0 Å². The fourth-order valence-corrected chi connectivity index (χ4v) is 4.70. The molecule has 1 aliphatic rings. The number of esters is 1. The molecule has 5 rings (SSSR count). The number of methoxy groups -OCH3 is 2. The maximum atomic E-state index is 11.6. The van der Waals surface area contributed by atoms with Gasteiger partial charge in [-0.2, -0.15) is 0 Å². The monoisotopic (exact) mass is 459 g/mol. The molecule has 0 amide bonds. The molecular formula is C24H21N5O3S. The van der Waals surface area contributed by atoms with E-state index in [4.69, 9.17) is 9.47 Å². The smallest absolute Gasteiger partial charge is 0.337 e. The standard InChI is InChI=1S/C24H21N5O3S/c1-31-15-29-20-11-16(3-8-21(20)33-23-22(29)25-9-10-26-23)12-28-13-19(27-14-28)17-4-6-18(7-5-17)24(30)32-2/h3-11,13-14H,12,15H2,1-2H3. The van der Waals surface area contributed by atoms with Gasteiger partial charge >= 0.3 is 5.97 Å². The van der Waals surface area contributed by atoms with Crippen molar-refractivity contribution in [3.63, 3.8) is 0 Å². The van der Waals surface area contributed by atoms with Gasteiger partial charge in [0, 0.05) is 42.7 Å². The van der Waals surface area contributed by atoms with Crippen LogP contribution in [-0.4, -0.2) is 46.4 Å². The highest BCUT2D eigenvalue weighted by molar-refractivity contribution is 7.99. The summed E-state index contributed by atoms with van der Waals surface area (Å²) < 4.78 is 12.2. The van der Waals surface area contributed by atoms with E-state index < -0.39 is 0 Å². The lowest BCUT2D eigenvalue weighted by Crippen LogP contribution is -2.24. The van der Waals surface area contributed by atoms with Crippen molar-refractivity contribution < 1.29 is 14.3 Å². The summed E-state index contributed by atoms with van der Waals surface area (Å²) in [6, 6.07) is 13.6. The van der Waals surface area contributed by atoms with Crippen LogP contribution in [0.1, 0.15) is 15.9 Å². The number of ether oxygens (including phenoxy) is 2. The number of aromatic nitrogens is 4. The Balaban J connectivity index is 1.38. The highest BCUT2D eigenvalue weighted by Gasteiger charge is 2.25. The topological polar surface area (TPSA) is 82.4 Å². The molecule has 2 aromatic heterocycles. The molecule has 3 heterocycles. The predicted molar refractivity (Wildman–Crippen MR) is 125 cm³/mol. The molecular weight excluding hydrogens is 438 g/mol. The molecule has 166 valence electrons. The van der Waals surface area contributed by atoms with Crippen LogP contribution in [0, 0.1) is 0 Å². The van der Waals surface area contributed by atoms with Crippen molar-refractivity contribution in [3.8, 4) is 11.3 Å². The number of carbonyl (C=O) groups is 1. The number of fused-ring (bicyclic) bond motifs is 2. The summed E-state index contributed by atoms with van der Waals surface area (Å²) in [5.41, 5.74) is 4.47. The Morgan fingerprint density at radius 3 is 2.64 bits per heavy atom. The summed E-state index contributed by atoms with van der Waals surface area (Å²) in [4.78, 5) is 28.3. The van der Waals surface area contributed by atoms with Gasteiger partial charge in [0.05, 0.1) is 30.4 Å². The summed E-state index contributed by atoms with van der Waals surface area (Å²) in [7, 11) is 3.05. The van der Waals surface area contributed by atoms with Gasteiger partial charge in [-0.05, 0) is 29.8 Å². The van der Waals surface area contributed by atoms with Crippen LogP contribution in [0.3, 0.4) is 0 Å². The third-order valence-electron chi connectivity index (χ3n) is 5.28. The molecule has 1 aliphatic heterocycles. The molecule has 0 atom stereocenters. The Labute approximate surface area is 195 Å². The summed E-state index contributed by atoms with van der Waals surface area (Å²) in [6.45, 7) is 1.05. The molecule has 33 heavy (non-hydrogen) atoms. The zero-order valence-electron chi connectivity index (χ0n) is 18.1. The maximum absolute atomic E-state index is 11.6. The van der Waals surface area contributed by atoms with Gasteiger partial charge in [0.15, 0.2) is 5.82 Å². The van der Waals surface area contributed by atoms with Crippen LogP contribution in [0.5, 0.6) is 0 Å². The lowest BCUT2D eigenvalue weighted by molar-refractivity contribution is 0.0600. The number of anilines is 2. The average Bonchev–Trinajstić information content (AvgIpc) is 3.32. The quantitative estimate of drug-likeness (QED) is 0.393. The minimum absolute atomic E-state index is 0.353. The van der Waals surface area contributed by atoms with Crippen molar-refractivity contribution in [3.05, 3.63) is 78.5 Å². The molecule has 0 aliphatic carbocycles. The number of imidazole rings is 1. The molecule has 8 nitrogen and oxygen atoms in total. The Bertz CT molecular complexity index is 1310. The van der Waals surface area contributed by atoms with Crippen LogP contribution in [-0.2, 0) is 16.0 Å². The largest absolute Gasteiger partial charge is 0.465 e. The second kappa shape index (κ2) is 9.05. The second-order valence-corrected chi connectivity index (χ2v) is 8.47. The van der Waals surface area contributed by atoms with Gasteiger partial charge in [0.1, 0.15) is 11.8 Å². The number of nitrogens with zero attached hydrogens (tertiary/aromatic N) is 5. The van der Waals surface area contributed by atoms with E-state index in [1.807, 2.05) is 34.1 Å². The summed E-state index contributed by atoms with van der Waals surface area (Å²) in [5.74, 6) is 0.447. The van der Waals surface area contributed by atoms with E-state index in [1.54, 1.807) is 43.4 Å². The third kappa shape index (κ3) is 4.20. The average molecular weight is 460 g/mol. The van der Waals surface area contributed by atoms with Gasteiger partial charge in [-0.25, -0.2) is 19.7 Å². The number of rotatable bonds is 6. The summed E-state index contributed by atoms with van der Waals surface area (Å²) in [6.07, 6.45) is 7.21. The van der Waals surface area contributed by atoms with Gasteiger partial charge in [-0.1, -0.05) is 30.0 Å². The highest BCUT2D eigenvalue weighted by Crippen LogP contribution is 2.46. The Morgan fingerprint density at radius 1 is 1.03 bits per heavy atom. The van der Waals surface area contributed by atoms with Crippen LogP contribution >= 0.6 is 11.8 Å². The van der Waals surface area contributed by atoms with Crippen molar-refractivity contribution in [1.29, 1.82) is 0 Å². The normalized spacial score (nSPS) is 12.2. The number of benzene rings is 2. The molecule has 0 fully saturated rings. The highest BCUT2D eigenvalue weighted by atomic mass is 32.2. The van der Waals surface area contributed by atoms with E-state index in [0.717, 1.165) is 38.2 Å². The molecule has 2 aromatic carbocycles. The molecule has 0 bridgehead atoms. The lowest BCUT2D eigenvalue weighted by atomic mass is 10.1. The van der Waals surface area contributed by atoms with Crippen LogP contribution in [0.4, 0.5) is 11.5 Å². The first-order chi connectivity index (χ1) is 16.2. The van der Waals surface area contributed by atoms with Gasteiger partial charge in [0.25, 0.3) is 0 Å². The minimum Gasteiger partial charge on any atom is -0.465 e. The molecule has 0 unspecified atom stereocenters. The third-order valence-corrected chi connectivity index (χ3v) is 6.33. The molecule has 0 spiro atoms. The fourth-order valence-electron chi connectivity index (χ4n) is 3.71. The van der Waals surface area contributed by atoms with Crippen LogP contribution < -0.4 is 4.90 Å². The SMILES string of the molecule is COCN1c2cc(Cn3cnc(-c4ccc(C(=O)OC)cc4)c3)ccc2Sc2nccnc21. The lowest BCUT2D eigenvalue weighted by Gasteiger charge is -2.30. The van der Waals surface area contributed by atoms with Crippen molar-refractivity contribution in [2.75, 3.05) is 25.9 Å². The molecule has 0 saturated heterocycles. The summed E-state index contributed by atoms with van der Waals surface area (Å²) >= 11 is 1.61. The van der Waals surface area contributed by atoms with E-state index in [1.165, 1.54) is 7.11 Å². The predicted octanol–water partition coefficient (Wildman–Crippen LogP) is 4.38. The van der Waals surface area contributed by atoms with Gasteiger partial charge < -0.3 is 14.0 Å². The van der Waals surface area contributed by atoms with Crippen molar-refractivity contribution in [2.24, 2.45) is 0 Å². The van der Waals surface area contributed by atoms with E-state index in [9.17, 15) is 4.79 Å². The fraction of sp³-hybridized carbons (Fsp3) is 0.167. The van der Waals surface area contributed by atoms with Crippen LogP contribution in [0.25, 0.3) is 11.3 Å². The van der Waals surface area contributed by atoms with Crippen LogP contribution in [0.15, 0.2) is 77.3 Å². The molecule has 0 saturated carbocycles. The van der Waals surface area contributed by atoms with E-state index in [2.05, 4.69) is 33.2 Å². The zero-order valence-corrected chi connectivity index (χ0v) is 19.0. The van der Waals surface area contributed by atoms with Gasteiger partial charge in [-0.3, -0.25) is 4.90 Å². The Morgan fingerprint density at radius 2 is 1.85 bits per heavy atom. The number of hydrogen-bond acceptors (Lipinski definition) is 8. The van der Waals surface area contributed by atoms with Crippen LogP contribution in [0.2, 0.25) is 0 Å². The Kier molecular flexibility index (Phi) is 5.80. The number of carbonyl (C=O) groups excluding carboxylic acids is 1. The van der Waals surface area contributed by atoms with Crippen molar-refractivity contribution in [1.82, 2.24) is 19.5 Å². The first-order valence-electron chi connectivity index (χ1n) is 10.2. The van der Waals surface area contributed by atoms with Crippen molar-refractivity contribution >= 4 is 29.2 Å². The minimum atomic E-state index is -0.353. The van der Waals surface area contributed by atoms with E-state index in [-0.39, 0.29) is 5.97 Å². The van der Waals surface area contributed by atoms with E-state index >= 15 is 0 Å². The van der Waals surface area contributed by atoms with Crippen molar-refractivity contribution in [2.45, 2.75) is 16.5 Å². The second-order valence-electron chi connectivity index (χ2n) is 7.44. The zero-order chi connectivity index (χ0) is 22.8. The molecule has 9 heteroatoms. The molecule has 0 radical (unpaired) electrons. The molecule has 4 aromatic rings. The first kappa shape index (κ1) is 21.2. The Hall–Kier alpha value is -3.69. The molecule has 0 N–H and O–H groups in total. The number of hydrogen-bond donors (Lipinski definition) is 0. The van der Waals surface area contributed by atoms with Gasteiger partial charge in [0.2, 0.25) is 0 Å². The van der Waals surface area contributed by atoms with E-state index in [0.29, 0.717) is 18.8 Å².